The lowest BCUT2D eigenvalue weighted by Crippen LogP contribution is -2.47. The van der Waals surface area contributed by atoms with Gasteiger partial charge in [0.25, 0.3) is 0 Å². The van der Waals surface area contributed by atoms with E-state index in [0.717, 1.165) is 0 Å². The van der Waals surface area contributed by atoms with Crippen molar-refractivity contribution in [1.82, 2.24) is 9.62 Å². The number of sulfonamides is 1. The van der Waals surface area contributed by atoms with Gasteiger partial charge in [0, 0.05) is 19.1 Å². The monoisotopic (exact) mass is 368 g/mol. The summed E-state index contributed by atoms with van der Waals surface area (Å²) in [5.41, 5.74) is 0.824. The molecule has 0 radical (unpaired) electrons. The molecule has 0 bridgehead atoms. The number of amides is 1. The number of carbonyl (C=O) groups excluding carboxylic acids is 1. The molecule has 1 heterocycles. The zero-order chi connectivity index (χ0) is 18.4. The van der Waals surface area contributed by atoms with Gasteiger partial charge in [-0.25, -0.2) is 17.9 Å². The summed E-state index contributed by atoms with van der Waals surface area (Å²) < 4.78 is 26.3. The number of aromatic carboxylic acids is 1. The van der Waals surface area contributed by atoms with Crippen LogP contribution in [0.5, 0.6) is 0 Å². The highest BCUT2D eigenvalue weighted by Gasteiger charge is 2.25. The van der Waals surface area contributed by atoms with Gasteiger partial charge in [0.1, 0.15) is 0 Å². The fraction of sp³-hybridized carbons (Fsp3) is 0.529. The SMILES string of the molecule is CCCS(=O)(=O)NC1CCN(C(=O)Cc2cccc(C(=O)O)c2)CC1. The largest absolute Gasteiger partial charge is 0.478 e. The Morgan fingerprint density at radius 1 is 1.28 bits per heavy atom. The van der Waals surface area contributed by atoms with E-state index in [1.54, 1.807) is 17.0 Å². The second-order valence-electron chi connectivity index (χ2n) is 6.27. The molecule has 0 aromatic heterocycles. The minimum absolute atomic E-state index is 0.0718. The molecule has 0 atom stereocenters. The van der Waals surface area contributed by atoms with Crippen LogP contribution in [0.15, 0.2) is 24.3 Å². The van der Waals surface area contributed by atoms with Gasteiger partial charge in [0.15, 0.2) is 0 Å². The van der Waals surface area contributed by atoms with E-state index < -0.39 is 16.0 Å². The van der Waals surface area contributed by atoms with Crippen molar-refractivity contribution in [3.63, 3.8) is 0 Å². The van der Waals surface area contributed by atoms with Crippen LogP contribution in [0, 0.1) is 0 Å². The summed E-state index contributed by atoms with van der Waals surface area (Å²) in [6.07, 6.45) is 1.89. The molecular formula is C17H24N2O5S. The Labute approximate surface area is 148 Å². The molecule has 1 aromatic rings. The van der Waals surface area contributed by atoms with Crippen molar-refractivity contribution in [3.05, 3.63) is 35.4 Å². The predicted octanol–water partition coefficient (Wildman–Crippen LogP) is 1.25. The maximum absolute atomic E-state index is 12.4. The smallest absolute Gasteiger partial charge is 0.335 e. The summed E-state index contributed by atoms with van der Waals surface area (Å²) in [5, 5.41) is 9.00. The van der Waals surface area contributed by atoms with Gasteiger partial charge in [0.2, 0.25) is 15.9 Å². The molecule has 1 aromatic carbocycles. The van der Waals surface area contributed by atoms with E-state index in [4.69, 9.17) is 5.11 Å². The Hall–Kier alpha value is -1.93. The molecule has 1 saturated heterocycles. The molecule has 8 heteroatoms. The van der Waals surface area contributed by atoms with Crippen molar-refractivity contribution < 1.29 is 23.1 Å². The Morgan fingerprint density at radius 2 is 1.96 bits per heavy atom. The Bertz CT molecular complexity index is 724. The van der Waals surface area contributed by atoms with Crippen LogP contribution >= 0.6 is 0 Å². The Morgan fingerprint density at radius 3 is 2.56 bits per heavy atom. The molecule has 2 N–H and O–H groups in total. The molecule has 0 saturated carbocycles. The number of carboxylic acids is 1. The molecule has 2 rings (SSSR count). The summed E-state index contributed by atoms with van der Waals surface area (Å²) in [6.45, 7) is 2.81. The van der Waals surface area contributed by atoms with E-state index in [-0.39, 0.29) is 29.7 Å². The van der Waals surface area contributed by atoms with Gasteiger partial charge >= 0.3 is 5.97 Å². The molecule has 7 nitrogen and oxygen atoms in total. The third-order valence-electron chi connectivity index (χ3n) is 4.20. The Balaban J connectivity index is 1.87. The quantitative estimate of drug-likeness (QED) is 0.754. The van der Waals surface area contributed by atoms with Crippen molar-refractivity contribution in [1.29, 1.82) is 0 Å². The first kappa shape index (κ1) is 19.4. The number of carboxylic acid groups (broad SMARTS) is 1. The van der Waals surface area contributed by atoms with Crippen molar-refractivity contribution in [2.24, 2.45) is 0 Å². The highest BCUT2D eigenvalue weighted by Crippen LogP contribution is 2.14. The minimum atomic E-state index is -3.24. The van der Waals surface area contributed by atoms with Crippen LogP contribution in [0.3, 0.4) is 0 Å². The van der Waals surface area contributed by atoms with Crippen LogP contribution < -0.4 is 4.72 Å². The molecule has 0 unspecified atom stereocenters. The number of hydrogen-bond acceptors (Lipinski definition) is 4. The zero-order valence-corrected chi connectivity index (χ0v) is 15.1. The maximum atomic E-state index is 12.4. The minimum Gasteiger partial charge on any atom is -0.478 e. The van der Waals surface area contributed by atoms with Crippen molar-refractivity contribution in [3.8, 4) is 0 Å². The van der Waals surface area contributed by atoms with Gasteiger partial charge in [-0.05, 0) is 37.0 Å². The molecule has 1 aliphatic heterocycles. The summed E-state index contributed by atoms with van der Waals surface area (Å²) >= 11 is 0. The number of rotatable bonds is 7. The van der Waals surface area contributed by atoms with Crippen LogP contribution in [0.4, 0.5) is 0 Å². The van der Waals surface area contributed by atoms with Crippen molar-refractivity contribution >= 4 is 21.9 Å². The predicted molar refractivity (Wildman–Crippen MR) is 93.9 cm³/mol. The molecule has 1 fully saturated rings. The number of hydrogen-bond donors (Lipinski definition) is 2. The van der Waals surface area contributed by atoms with E-state index in [1.165, 1.54) is 12.1 Å². The topological polar surface area (TPSA) is 104 Å². The average Bonchev–Trinajstić information content (AvgIpc) is 2.55. The molecular weight excluding hydrogens is 344 g/mol. The van der Waals surface area contributed by atoms with E-state index in [0.29, 0.717) is 37.9 Å². The molecule has 0 spiro atoms. The van der Waals surface area contributed by atoms with E-state index >= 15 is 0 Å². The standard InChI is InChI=1S/C17H24N2O5S/c1-2-10-25(23,24)18-15-6-8-19(9-7-15)16(20)12-13-4-3-5-14(11-13)17(21)22/h3-5,11,15,18H,2,6-10,12H2,1H3,(H,21,22). The van der Waals surface area contributed by atoms with E-state index in [2.05, 4.69) is 4.72 Å². The lowest BCUT2D eigenvalue weighted by atomic mass is 10.0. The van der Waals surface area contributed by atoms with Gasteiger partial charge in [0.05, 0.1) is 17.7 Å². The highest BCUT2D eigenvalue weighted by molar-refractivity contribution is 7.89. The van der Waals surface area contributed by atoms with Crippen LogP contribution in [0.1, 0.15) is 42.1 Å². The van der Waals surface area contributed by atoms with Gasteiger partial charge in [-0.2, -0.15) is 0 Å². The average molecular weight is 368 g/mol. The van der Waals surface area contributed by atoms with Gasteiger partial charge in [-0.3, -0.25) is 4.79 Å². The summed E-state index contributed by atoms with van der Waals surface area (Å²) in [5.74, 6) is -0.974. The number of nitrogens with one attached hydrogen (secondary N) is 1. The van der Waals surface area contributed by atoms with Crippen LogP contribution in [0.2, 0.25) is 0 Å². The van der Waals surface area contributed by atoms with Crippen molar-refractivity contribution in [2.45, 2.75) is 38.6 Å². The second-order valence-corrected chi connectivity index (χ2v) is 8.15. The Kier molecular flexibility index (Phi) is 6.55. The molecule has 1 amide bonds. The molecule has 1 aliphatic rings. The molecule has 25 heavy (non-hydrogen) atoms. The van der Waals surface area contributed by atoms with Gasteiger partial charge < -0.3 is 10.0 Å². The maximum Gasteiger partial charge on any atom is 0.335 e. The zero-order valence-electron chi connectivity index (χ0n) is 14.3. The van der Waals surface area contributed by atoms with Gasteiger partial charge in [-0.15, -0.1) is 0 Å². The fourth-order valence-corrected chi connectivity index (χ4v) is 4.33. The van der Waals surface area contributed by atoms with Crippen LogP contribution in [0.25, 0.3) is 0 Å². The molecule has 0 aliphatic carbocycles. The number of likely N-dealkylation sites (tertiary alicyclic amines) is 1. The van der Waals surface area contributed by atoms with Crippen LogP contribution in [-0.4, -0.2) is 55.2 Å². The molecule has 138 valence electrons. The summed E-state index contributed by atoms with van der Waals surface area (Å²) in [4.78, 5) is 25.1. The highest BCUT2D eigenvalue weighted by atomic mass is 32.2. The van der Waals surface area contributed by atoms with Crippen LogP contribution in [-0.2, 0) is 21.2 Å². The normalized spacial score (nSPS) is 16.0. The first-order chi connectivity index (χ1) is 11.8. The van der Waals surface area contributed by atoms with E-state index in [9.17, 15) is 18.0 Å². The van der Waals surface area contributed by atoms with E-state index in [1.807, 2.05) is 6.92 Å². The van der Waals surface area contributed by atoms with Gasteiger partial charge in [-0.1, -0.05) is 19.1 Å². The fourth-order valence-electron chi connectivity index (χ4n) is 2.93. The first-order valence-corrected chi connectivity index (χ1v) is 10.1. The summed E-state index contributed by atoms with van der Waals surface area (Å²) in [6, 6.07) is 6.23. The lowest BCUT2D eigenvalue weighted by molar-refractivity contribution is -0.131. The third kappa shape index (κ3) is 5.82. The third-order valence-corrected chi connectivity index (χ3v) is 5.83. The number of carbonyl (C=O) groups is 2. The number of piperidine rings is 1. The number of nitrogens with zero attached hydrogens (tertiary/aromatic N) is 1. The second kappa shape index (κ2) is 8.44. The number of benzene rings is 1. The van der Waals surface area contributed by atoms with Crippen molar-refractivity contribution in [2.75, 3.05) is 18.8 Å². The first-order valence-electron chi connectivity index (χ1n) is 8.40. The summed E-state index contributed by atoms with van der Waals surface area (Å²) in [7, 11) is -3.24. The lowest BCUT2D eigenvalue weighted by Gasteiger charge is -2.32.